The molecular formula is C17H24ClN3O4. The molecule has 0 aliphatic heterocycles. The zero-order valence-electron chi connectivity index (χ0n) is 14.6. The third-order valence-electron chi connectivity index (χ3n) is 3.69. The number of halogens is 1. The van der Waals surface area contributed by atoms with Crippen molar-refractivity contribution in [2.75, 3.05) is 6.61 Å². The van der Waals surface area contributed by atoms with Crippen molar-refractivity contribution in [3.05, 3.63) is 34.9 Å². The van der Waals surface area contributed by atoms with E-state index in [1.54, 1.807) is 24.3 Å². The molecular weight excluding hydrogens is 346 g/mol. The molecule has 0 fully saturated rings. The first-order valence-corrected chi connectivity index (χ1v) is 8.29. The van der Waals surface area contributed by atoms with E-state index in [2.05, 4.69) is 10.6 Å². The number of urea groups is 1. The van der Waals surface area contributed by atoms with Gasteiger partial charge in [-0.05, 0) is 38.0 Å². The summed E-state index contributed by atoms with van der Waals surface area (Å²) in [5.74, 6) is -1.01. The standard InChI is InChI=1S/C17H24ClN3O4/c1-4-17(2,3)21-14(22)10-25-15(23)9-13(20-16(19)24)11-5-7-12(18)8-6-11/h5-8,13H,4,9-10H2,1-3H3,(H,21,22)(H3,19,20,24)/t13-/m0/s1. The number of ether oxygens (including phenoxy) is 1. The Bertz CT molecular complexity index is 617. The zero-order valence-corrected chi connectivity index (χ0v) is 15.4. The van der Waals surface area contributed by atoms with Crippen molar-refractivity contribution < 1.29 is 19.1 Å². The van der Waals surface area contributed by atoms with Crippen LogP contribution in [0.1, 0.15) is 45.2 Å². The van der Waals surface area contributed by atoms with Crippen LogP contribution in [-0.4, -0.2) is 30.1 Å². The first-order chi connectivity index (χ1) is 11.6. The Kier molecular flexibility index (Phi) is 7.70. The topological polar surface area (TPSA) is 111 Å². The third kappa shape index (κ3) is 7.89. The highest BCUT2D eigenvalue weighted by Crippen LogP contribution is 2.20. The maximum absolute atomic E-state index is 12.0. The van der Waals surface area contributed by atoms with Crippen LogP contribution in [0.3, 0.4) is 0 Å². The molecule has 0 aliphatic rings. The number of esters is 1. The molecule has 1 aromatic carbocycles. The van der Waals surface area contributed by atoms with E-state index in [4.69, 9.17) is 22.1 Å². The number of amides is 3. The van der Waals surface area contributed by atoms with Gasteiger partial charge < -0.3 is 21.1 Å². The molecule has 0 saturated carbocycles. The van der Waals surface area contributed by atoms with E-state index < -0.39 is 18.0 Å². The maximum atomic E-state index is 12.0. The first kappa shape index (κ1) is 20.8. The summed E-state index contributed by atoms with van der Waals surface area (Å²) in [4.78, 5) is 35.0. The molecule has 25 heavy (non-hydrogen) atoms. The van der Waals surface area contributed by atoms with Crippen molar-refractivity contribution >= 4 is 29.5 Å². The summed E-state index contributed by atoms with van der Waals surface area (Å²) in [5, 5.41) is 5.77. The molecule has 0 heterocycles. The second-order valence-electron chi connectivity index (χ2n) is 6.26. The lowest BCUT2D eigenvalue weighted by atomic mass is 10.0. The minimum absolute atomic E-state index is 0.158. The summed E-state index contributed by atoms with van der Waals surface area (Å²) in [6, 6.07) is 5.18. The van der Waals surface area contributed by atoms with Gasteiger partial charge in [0.05, 0.1) is 12.5 Å². The minimum Gasteiger partial charge on any atom is -0.456 e. The van der Waals surface area contributed by atoms with Gasteiger partial charge in [-0.2, -0.15) is 0 Å². The van der Waals surface area contributed by atoms with Gasteiger partial charge in [-0.15, -0.1) is 0 Å². The fourth-order valence-electron chi connectivity index (χ4n) is 1.99. The molecule has 0 saturated heterocycles. The minimum atomic E-state index is -0.768. The predicted octanol–water partition coefficient (Wildman–Crippen LogP) is 2.29. The van der Waals surface area contributed by atoms with Gasteiger partial charge in [0.2, 0.25) is 0 Å². The molecule has 7 nitrogen and oxygen atoms in total. The lowest BCUT2D eigenvalue weighted by molar-refractivity contribution is -0.149. The van der Waals surface area contributed by atoms with Gasteiger partial charge in [0, 0.05) is 10.6 Å². The average molecular weight is 370 g/mol. The van der Waals surface area contributed by atoms with Crippen molar-refractivity contribution in [2.24, 2.45) is 5.73 Å². The number of primary amides is 1. The van der Waals surface area contributed by atoms with E-state index in [9.17, 15) is 14.4 Å². The number of carbonyl (C=O) groups is 3. The van der Waals surface area contributed by atoms with Crippen molar-refractivity contribution in [1.29, 1.82) is 0 Å². The maximum Gasteiger partial charge on any atom is 0.312 e. The van der Waals surface area contributed by atoms with Crippen LogP contribution in [0.2, 0.25) is 5.02 Å². The number of hydrogen-bond donors (Lipinski definition) is 3. The quantitative estimate of drug-likeness (QED) is 0.610. The number of benzene rings is 1. The molecule has 1 rings (SSSR count). The highest BCUT2D eigenvalue weighted by molar-refractivity contribution is 6.30. The van der Waals surface area contributed by atoms with Crippen molar-refractivity contribution in [1.82, 2.24) is 10.6 Å². The molecule has 0 unspecified atom stereocenters. The van der Waals surface area contributed by atoms with E-state index in [0.29, 0.717) is 10.6 Å². The second kappa shape index (κ2) is 9.27. The lowest BCUT2D eigenvalue weighted by Gasteiger charge is -2.24. The Balaban J connectivity index is 2.62. The molecule has 0 spiro atoms. The molecule has 0 aromatic heterocycles. The van der Waals surface area contributed by atoms with Gasteiger partial charge in [-0.25, -0.2) is 4.79 Å². The fourth-order valence-corrected chi connectivity index (χ4v) is 2.12. The first-order valence-electron chi connectivity index (χ1n) is 7.91. The van der Waals surface area contributed by atoms with Crippen LogP contribution in [0.5, 0.6) is 0 Å². The Morgan fingerprint density at radius 3 is 2.36 bits per heavy atom. The van der Waals surface area contributed by atoms with Gasteiger partial charge in [-0.3, -0.25) is 9.59 Å². The average Bonchev–Trinajstić information content (AvgIpc) is 2.52. The van der Waals surface area contributed by atoms with E-state index >= 15 is 0 Å². The number of rotatable bonds is 8. The summed E-state index contributed by atoms with van der Waals surface area (Å²) in [7, 11) is 0. The highest BCUT2D eigenvalue weighted by Gasteiger charge is 2.21. The number of hydrogen-bond acceptors (Lipinski definition) is 4. The fraction of sp³-hybridized carbons (Fsp3) is 0.471. The zero-order chi connectivity index (χ0) is 19.0. The van der Waals surface area contributed by atoms with Gasteiger partial charge in [-0.1, -0.05) is 30.7 Å². The van der Waals surface area contributed by atoms with Crippen molar-refractivity contribution in [3.8, 4) is 0 Å². The van der Waals surface area contributed by atoms with Crippen molar-refractivity contribution in [2.45, 2.75) is 45.2 Å². The van der Waals surface area contributed by atoms with Gasteiger partial charge in [0.1, 0.15) is 0 Å². The molecule has 0 bridgehead atoms. The Morgan fingerprint density at radius 2 is 1.84 bits per heavy atom. The smallest absolute Gasteiger partial charge is 0.312 e. The molecule has 0 radical (unpaired) electrons. The predicted molar refractivity (Wildman–Crippen MR) is 95.0 cm³/mol. The molecule has 0 aliphatic carbocycles. The van der Waals surface area contributed by atoms with Crippen LogP contribution in [0, 0.1) is 0 Å². The van der Waals surface area contributed by atoms with E-state index in [0.717, 1.165) is 6.42 Å². The molecule has 1 aromatic rings. The van der Waals surface area contributed by atoms with Crippen LogP contribution in [0.4, 0.5) is 4.79 Å². The number of carbonyl (C=O) groups excluding carboxylic acids is 3. The van der Waals surface area contributed by atoms with Crippen LogP contribution in [0.15, 0.2) is 24.3 Å². The monoisotopic (exact) mass is 369 g/mol. The summed E-state index contributed by atoms with van der Waals surface area (Å²) < 4.78 is 4.98. The van der Waals surface area contributed by atoms with Crippen molar-refractivity contribution in [3.63, 3.8) is 0 Å². The summed E-state index contributed by atoms with van der Waals surface area (Å²) >= 11 is 5.83. The largest absolute Gasteiger partial charge is 0.456 e. The summed E-state index contributed by atoms with van der Waals surface area (Å²) in [6.45, 7) is 5.31. The molecule has 4 N–H and O–H groups in total. The van der Waals surface area contributed by atoms with Gasteiger partial charge in [0.25, 0.3) is 5.91 Å². The van der Waals surface area contributed by atoms with E-state index in [1.807, 2.05) is 20.8 Å². The van der Waals surface area contributed by atoms with Crippen LogP contribution < -0.4 is 16.4 Å². The molecule has 138 valence electrons. The summed E-state index contributed by atoms with van der Waals surface area (Å²) in [6.07, 6.45) is 0.586. The molecule has 1 atom stereocenters. The number of nitrogens with one attached hydrogen (secondary N) is 2. The van der Waals surface area contributed by atoms with E-state index in [1.165, 1.54) is 0 Å². The SMILES string of the molecule is CCC(C)(C)NC(=O)COC(=O)C[C@H](NC(N)=O)c1ccc(Cl)cc1. The lowest BCUT2D eigenvalue weighted by Crippen LogP contribution is -2.44. The Hall–Kier alpha value is -2.28. The normalized spacial score (nSPS) is 12.2. The Labute approximate surface area is 152 Å². The van der Waals surface area contributed by atoms with E-state index in [-0.39, 0.29) is 24.5 Å². The summed E-state index contributed by atoms with van der Waals surface area (Å²) in [5.41, 5.74) is 5.43. The van der Waals surface area contributed by atoms with Crippen LogP contribution in [-0.2, 0) is 14.3 Å². The van der Waals surface area contributed by atoms with Gasteiger partial charge in [0.15, 0.2) is 6.61 Å². The third-order valence-corrected chi connectivity index (χ3v) is 3.94. The van der Waals surface area contributed by atoms with Crippen LogP contribution in [0.25, 0.3) is 0 Å². The second-order valence-corrected chi connectivity index (χ2v) is 6.70. The molecule has 3 amide bonds. The highest BCUT2D eigenvalue weighted by atomic mass is 35.5. The molecule has 8 heteroatoms. The van der Waals surface area contributed by atoms with Gasteiger partial charge >= 0.3 is 12.0 Å². The Morgan fingerprint density at radius 1 is 1.24 bits per heavy atom. The number of nitrogens with two attached hydrogens (primary N) is 1. The van der Waals surface area contributed by atoms with Crippen LogP contribution >= 0.6 is 11.6 Å².